The van der Waals surface area contributed by atoms with Gasteiger partial charge < -0.3 is 4.90 Å². The van der Waals surface area contributed by atoms with Crippen LogP contribution in [0.4, 0.5) is 20.2 Å². The molecule has 2 rings (SSSR count). The van der Waals surface area contributed by atoms with E-state index in [1.165, 1.54) is 24.3 Å². The zero-order valence-electron chi connectivity index (χ0n) is 11.6. The Morgan fingerprint density at radius 3 is 1.55 bits per heavy atom. The normalized spacial score (nSPS) is 11.5. The molecular weight excluding hydrogens is 367 g/mol. The molecule has 118 valence electrons. The Bertz CT molecular complexity index is 554. The monoisotopic (exact) mass is 379 g/mol. The quantitative estimate of drug-likeness (QED) is 0.429. The summed E-state index contributed by atoms with van der Waals surface area (Å²) >= 11 is 17.7. The molecule has 0 N–H and O–H groups in total. The van der Waals surface area contributed by atoms with Gasteiger partial charge in [-0.05, 0) is 61.0 Å². The van der Waals surface area contributed by atoms with Crippen molar-refractivity contribution in [2.75, 3.05) is 11.4 Å². The van der Waals surface area contributed by atoms with E-state index in [2.05, 4.69) is 0 Å². The van der Waals surface area contributed by atoms with Gasteiger partial charge in [0, 0.05) is 17.9 Å². The number of benzene rings is 2. The van der Waals surface area contributed by atoms with Crippen molar-refractivity contribution in [1.82, 2.24) is 0 Å². The second kappa shape index (κ2) is 7.64. The lowest BCUT2D eigenvalue weighted by molar-refractivity contribution is 0.627. The van der Waals surface area contributed by atoms with Crippen LogP contribution in [0.5, 0.6) is 0 Å². The molecule has 0 amide bonds. The van der Waals surface area contributed by atoms with E-state index in [1.807, 2.05) is 4.90 Å². The Labute approximate surface area is 143 Å². The number of hydrogen-bond donors (Lipinski definition) is 0. The SMILES string of the molecule is Fc1ccc(N(CCC[Si](Cl)(Cl)Cl)c2ccc(F)cc2)cc1. The van der Waals surface area contributed by atoms with E-state index in [1.54, 1.807) is 24.3 Å². The zero-order chi connectivity index (χ0) is 16.2. The van der Waals surface area contributed by atoms with E-state index in [0.717, 1.165) is 11.4 Å². The maximum atomic E-state index is 13.1. The van der Waals surface area contributed by atoms with Gasteiger partial charge in [-0.25, -0.2) is 8.78 Å². The van der Waals surface area contributed by atoms with Crippen LogP contribution in [-0.2, 0) is 0 Å². The van der Waals surface area contributed by atoms with Gasteiger partial charge in [-0.3, -0.25) is 0 Å². The molecule has 0 unspecified atom stereocenters. The molecule has 2 aromatic carbocycles. The Kier molecular flexibility index (Phi) is 6.09. The average molecular weight is 381 g/mol. The predicted molar refractivity (Wildman–Crippen MR) is 92.5 cm³/mol. The van der Waals surface area contributed by atoms with Crippen LogP contribution in [0.25, 0.3) is 0 Å². The third kappa shape index (κ3) is 5.43. The third-order valence-electron chi connectivity index (χ3n) is 3.12. The van der Waals surface area contributed by atoms with Crippen LogP contribution in [0.15, 0.2) is 48.5 Å². The van der Waals surface area contributed by atoms with Crippen LogP contribution in [0.2, 0.25) is 6.04 Å². The highest BCUT2D eigenvalue weighted by Gasteiger charge is 2.24. The lowest BCUT2D eigenvalue weighted by Crippen LogP contribution is -2.20. The lowest BCUT2D eigenvalue weighted by atomic mass is 10.2. The summed E-state index contributed by atoms with van der Waals surface area (Å²) in [6, 6.07) is 10.1. The van der Waals surface area contributed by atoms with Crippen molar-refractivity contribution >= 4 is 50.6 Å². The molecule has 0 saturated carbocycles. The number of halogens is 5. The Morgan fingerprint density at radius 2 is 1.18 bits per heavy atom. The highest BCUT2D eigenvalue weighted by Crippen LogP contribution is 2.30. The van der Waals surface area contributed by atoms with Gasteiger partial charge in [-0.2, -0.15) is 0 Å². The van der Waals surface area contributed by atoms with Crippen molar-refractivity contribution < 1.29 is 8.78 Å². The first kappa shape index (κ1) is 17.5. The Balaban J connectivity index is 2.20. The summed E-state index contributed by atoms with van der Waals surface area (Å²) in [6.45, 7) is 0.595. The maximum Gasteiger partial charge on any atom is 0.341 e. The van der Waals surface area contributed by atoms with Crippen molar-refractivity contribution in [3.05, 3.63) is 60.2 Å². The number of rotatable bonds is 6. The van der Waals surface area contributed by atoms with Crippen LogP contribution >= 0.6 is 33.2 Å². The summed E-state index contributed by atoms with van der Waals surface area (Å²) in [4.78, 5) is 1.95. The summed E-state index contributed by atoms with van der Waals surface area (Å²) in [7, 11) is 0. The second-order valence-electron chi connectivity index (χ2n) is 4.82. The van der Waals surface area contributed by atoms with Gasteiger partial charge in [0.05, 0.1) is 0 Å². The fourth-order valence-corrected chi connectivity index (χ4v) is 3.85. The summed E-state index contributed by atoms with van der Waals surface area (Å²) in [5.74, 6) is -0.618. The van der Waals surface area contributed by atoms with Crippen molar-refractivity contribution in [3.63, 3.8) is 0 Å². The van der Waals surface area contributed by atoms with Gasteiger partial charge in [0.1, 0.15) is 11.6 Å². The van der Waals surface area contributed by atoms with Gasteiger partial charge in [-0.15, -0.1) is 33.2 Å². The number of nitrogens with zero attached hydrogens (tertiary/aromatic N) is 1. The minimum atomic E-state index is -2.67. The fourth-order valence-electron chi connectivity index (χ4n) is 2.09. The summed E-state index contributed by atoms with van der Waals surface area (Å²) < 4.78 is 26.2. The van der Waals surface area contributed by atoms with E-state index >= 15 is 0 Å². The first-order valence-electron chi connectivity index (χ1n) is 6.70. The van der Waals surface area contributed by atoms with E-state index in [4.69, 9.17) is 33.2 Å². The van der Waals surface area contributed by atoms with Gasteiger partial charge in [0.15, 0.2) is 0 Å². The Morgan fingerprint density at radius 1 is 0.773 bits per heavy atom. The van der Waals surface area contributed by atoms with E-state index < -0.39 is 6.00 Å². The molecule has 0 saturated heterocycles. The van der Waals surface area contributed by atoms with Crippen LogP contribution in [0.1, 0.15) is 6.42 Å². The van der Waals surface area contributed by atoms with Gasteiger partial charge >= 0.3 is 6.00 Å². The molecule has 0 radical (unpaired) electrons. The minimum absolute atomic E-state index is 0.309. The molecule has 2 aromatic rings. The fraction of sp³-hybridized carbons (Fsp3) is 0.200. The second-order valence-corrected chi connectivity index (χ2v) is 14.1. The molecular formula is C15H14Cl3F2NSi. The number of hydrogen-bond acceptors (Lipinski definition) is 1. The highest BCUT2D eigenvalue weighted by molar-refractivity contribution is 7.64. The van der Waals surface area contributed by atoms with Crippen LogP contribution in [0.3, 0.4) is 0 Å². The minimum Gasteiger partial charge on any atom is -0.341 e. The van der Waals surface area contributed by atoms with Crippen LogP contribution < -0.4 is 4.90 Å². The van der Waals surface area contributed by atoms with Crippen molar-refractivity contribution in [1.29, 1.82) is 0 Å². The average Bonchev–Trinajstić information content (AvgIpc) is 2.45. The smallest absolute Gasteiger partial charge is 0.341 e. The highest BCUT2D eigenvalue weighted by atomic mass is 35.8. The summed E-state index contributed by atoms with van der Waals surface area (Å²) in [5, 5.41) is 0. The molecule has 0 heterocycles. The predicted octanol–water partition coefficient (Wildman–Crippen LogP) is 6.15. The van der Waals surface area contributed by atoms with E-state index in [0.29, 0.717) is 19.0 Å². The van der Waals surface area contributed by atoms with Crippen molar-refractivity contribution in [2.24, 2.45) is 0 Å². The largest absolute Gasteiger partial charge is 0.341 e. The Hall–Kier alpha value is -0.813. The molecule has 0 aliphatic heterocycles. The molecule has 0 aromatic heterocycles. The van der Waals surface area contributed by atoms with Gasteiger partial charge in [0.25, 0.3) is 0 Å². The lowest BCUT2D eigenvalue weighted by Gasteiger charge is -2.25. The maximum absolute atomic E-state index is 13.1. The molecule has 0 aliphatic rings. The summed E-state index contributed by atoms with van der Waals surface area (Å²) in [5.41, 5.74) is 1.61. The van der Waals surface area contributed by atoms with Crippen molar-refractivity contribution in [2.45, 2.75) is 12.5 Å². The van der Waals surface area contributed by atoms with Crippen molar-refractivity contribution in [3.8, 4) is 0 Å². The molecule has 7 heteroatoms. The van der Waals surface area contributed by atoms with Crippen LogP contribution in [0, 0.1) is 11.6 Å². The number of anilines is 2. The molecule has 0 fully saturated rings. The molecule has 0 spiro atoms. The first-order chi connectivity index (χ1) is 10.3. The molecule has 0 aliphatic carbocycles. The molecule has 22 heavy (non-hydrogen) atoms. The van der Waals surface area contributed by atoms with E-state index in [9.17, 15) is 8.78 Å². The van der Waals surface area contributed by atoms with Crippen LogP contribution in [-0.4, -0.2) is 12.5 Å². The molecule has 0 bridgehead atoms. The van der Waals surface area contributed by atoms with E-state index in [-0.39, 0.29) is 11.6 Å². The third-order valence-corrected chi connectivity index (χ3v) is 5.74. The zero-order valence-corrected chi connectivity index (χ0v) is 14.8. The topological polar surface area (TPSA) is 3.24 Å². The molecule has 0 atom stereocenters. The summed E-state index contributed by atoms with van der Waals surface area (Å²) in [6.07, 6.45) is 0.678. The standard InChI is InChI=1S/C15H14Cl3F2NSi/c16-22(17,18)11-1-10-21(14-6-2-12(19)3-7-14)15-8-4-13(20)5-9-15/h2-9H,1,10-11H2. The van der Waals surface area contributed by atoms with Gasteiger partial charge in [-0.1, -0.05) is 0 Å². The molecule has 1 nitrogen and oxygen atoms in total. The first-order valence-corrected chi connectivity index (χ1v) is 11.9. The van der Waals surface area contributed by atoms with Gasteiger partial charge in [0.2, 0.25) is 0 Å².